The highest BCUT2D eigenvalue weighted by Gasteiger charge is 2.57. The van der Waals surface area contributed by atoms with Crippen LogP contribution < -0.4 is 0 Å². The van der Waals surface area contributed by atoms with Crippen molar-refractivity contribution in [3.8, 4) is 0 Å². The minimum atomic E-state index is -0.202. The van der Waals surface area contributed by atoms with E-state index in [1.54, 1.807) is 0 Å². The maximum atomic E-state index is 11.8. The van der Waals surface area contributed by atoms with Gasteiger partial charge < -0.3 is 9.47 Å². The zero-order valence-electron chi connectivity index (χ0n) is 13.5. The van der Waals surface area contributed by atoms with Crippen molar-refractivity contribution < 1.29 is 14.3 Å². The van der Waals surface area contributed by atoms with Crippen LogP contribution in [-0.4, -0.2) is 24.8 Å². The Morgan fingerprint density at radius 3 is 2.70 bits per heavy atom. The molecule has 1 heterocycles. The average Bonchev–Trinajstić information content (AvgIpc) is 2.67. The summed E-state index contributed by atoms with van der Waals surface area (Å²) in [6, 6.07) is 0. The Kier molecular flexibility index (Phi) is 4.03. The van der Waals surface area contributed by atoms with Gasteiger partial charge in [-0.15, -0.1) is 0 Å². The molecule has 0 aromatic rings. The topological polar surface area (TPSA) is 35.5 Å². The molecule has 3 nitrogen and oxygen atoms in total. The smallest absolute Gasteiger partial charge is 0.306 e. The summed E-state index contributed by atoms with van der Waals surface area (Å²) in [4.78, 5) is 11.8. The lowest BCUT2D eigenvalue weighted by Crippen LogP contribution is -2.47. The third-order valence-corrected chi connectivity index (χ3v) is 5.17. The molecule has 1 aliphatic heterocycles. The van der Waals surface area contributed by atoms with E-state index in [0.717, 1.165) is 19.3 Å². The second-order valence-corrected chi connectivity index (χ2v) is 7.39. The van der Waals surface area contributed by atoms with Crippen LogP contribution in [0, 0.1) is 10.8 Å². The molecule has 2 rings (SSSR count). The summed E-state index contributed by atoms with van der Waals surface area (Å²) in [5.74, 6) is -0.106. The Hall–Kier alpha value is -0.830. The molecular weight excluding hydrogens is 252 g/mol. The van der Waals surface area contributed by atoms with Gasteiger partial charge in [0.2, 0.25) is 0 Å². The number of hydrogen-bond donors (Lipinski definition) is 0. The molecule has 2 atom stereocenters. The number of ether oxygens (including phenoxy) is 2. The lowest BCUT2D eigenvalue weighted by molar-refractivity contribution is -0.145. The summed E-state index contributed by atoms with van der Waals surface area (Å²) in [7, 11) is 0. The van der Waals surface area contributed by atoms with Crippen LogP contribution in [0.15, 0.2) is 11.6 Å². The van der Waals surface area contributed by atoms with Gasteiger partial charge in [-0.1, -0.05) is 26.8 Å². The van der Waals surface area contributed by atoms with Crippen molar-refractivity contribution in [1.82, 2.24) is 0 Å². The molecule has 0 radical (unpaired) electrons. The Balaban J connectivity index is 2.19. The largest absolute Gasteiger partial charge is 0.466 e. The summed E-state index contributed by atoms with van der Waals surface area (Å²) >= 11 is 0. The number of esters is 1. The Labute approximate surface area is 122 Å². The summed E-state index contributed by atoms with van der Waals surface area (Å²) in [5, 5.41) is 0. The van der Waals surface area contributed by atoms with Crippen molar-refractivity contribution in [2.45, 2.75) is 65.9 Å². The van der Waals surface area contributed by atoms with E-state index in [0.29, 0.717) is 19.6 Å². The van der Waals surface area contributed by atoms with Crippen molar-refractivity contribution in [3.63, 3.8) is 0 Å². The fraction of sp³-hybridized carbons (Fsp3) is 0.824. The number of carbonyl (C=O) groups excluding carboxylic acids is 1. The number of hydrogen-bond acceptors (Lipinski definition) is 3. The molecule has 1 aliphatic carbocycles. The first-order valence-corrected chi connectivity index (χ1v) is 7.72. The van der Waals surface area contributed by atoms with Crippen molar-refractivity contribution in [1.29, 1.82) is 0 Å². The first kappa shape index (κ1) is 15.6. The van der Waals surface area contributed by atoms with E-state index in [1.165, 1.54) is 5.57 Å². The van der Waals surface area contributed by atoms with Gasteiger partial charge in [0.05, 0.1) is 25.2 Å². The van der Waals surface area contributed by atoms with Gasteiger partial charge in [0.25, 0.3) is 0 Å². The van der Waals surface area contributed by atoms with Crippen LogP contribution in [0.4, 0.5) is 0 Å². The van der Waals surface area contributed by atoms with E-state index >= 15 is 0 Å². The second kappa shape index (κ2) is 5.18. The SMILES string of the molecule is CCOC(=O)CC1(C)COC2(C1)C(C)=CCCC2(C)C. The van der Waals surface area contributed by atoms with E-state index in [4.69, 9.17) is 9.47 Å². The summed E-state index contributed by atoms with van der Waals surface area (Å²) in [6.07, 6.45) is 5.93. The van der Waals surface area contributed by atoms with Gasteiger partial charge in [-0.2, -0.15) is 0 Å². The second-order valence-electron chi connectivity index (χ2n) is 7.39. The molecule has 0 aromatic heterocycles. The van der Waals surface area contributed by atoms with Gasteiger partial charge in [0, 0.05) is 5.41 Å². The third kappa shape index (κ3) is 2.52. The lowest BCUT2D eigenvalue weighted by Gasteiger charge is -2.47. The molecular formula is C17H28O3. The van der Waals surface area contributed by atoms with Crippen LogP contribution in [0.1, 0.15) is 60.3 Å². The molecule has 0 bridgehead atoms. The fourth-order valence-electron chi connectivity index (χ4n) is 3.91. The Bertz CT molecular complexity index is 424. The highest BCUT2D eigenvalue weighted by molar-refractivity contribution is 5.70. The van der Waals surface area contributed by atoms with Crippen molar-refractivity contribution in [2.24, 2.45) is 10.8 Å². The van der Waals surface area contributed by atoms with Crippen LogP contribution in [0.2, 0.25) is 0 Å². The summed E-state index contributed by atoms with van der Waals surface area (Å²) in [5.41, 5.74) is 1.14. The summed E-state index contributed by atoms with van der Waals surface area (Å²) in [6.45, 7) is 11.8. The molecule has 0 N–H and O–H groups in total. The van der Waals surface area contributed by atoms with Gasteiger partial charge in [-0.3, -0.25) is 4.79 Å². The third-order valence-electron chi connectivity index (χ3n) is 5.17. The first-order valence-electron chi connectivity index (χ1n) is 7.72. The maximum Gasteiger partial charge on any atom is 0.306 e. The average molecular weight is 280 g/mol. The molecule has 0 aromatic carbocycles. The fourth-order valence-corrected chi connectivity index (χ4v) is 3.91. The van der Waals surface area contributed by atoms with Crippen LogP contribution in [0.5, 0.6) is 0 Å². The zero-order valence-corrected chi connectivity index (χ0v) is 13.5. The molecule has 1 fully saturated rings. The van der Waals surface area contributed by atoms with Crippen LogP contribution in [0.25, 0.3) is 0 Å². The van der Waals surface area contributed by atoms with Gasteiger partial charge in [0.15, 0.2) is 0 Å². The molecule has 3 heteroatoms. The number of carbonyl (C=O) groups is 1. The van der Waals surface area contributed by atoms with Crippen molar-refractivity contribution in [2.75, 3.05) is 13.2 Å². The molecule has 20 heavy (non-hydrogen) atoms. The standard InChI is InChI=1S/C17H28O3/c1-6-19-14(18)10-16(5)11-17(20-12-16)13(2)8-7-9-15(17,3)4/h8H,6-7,9-12H2,1-5H3. The van der Waals surface area contributed by atoms with Crippen molar-refractivity contribution >= 4 is 5.97 Å². The molecule has 0 saturated carbocycles. The quantitative estimate of drug-likeness (QED) is 0.581. The van der Waals surface area contributed by atoms with E-state index in [1.807, 2.05) is 6.92 Å². The molecule has 114 valence electrons. The predicted octanol–water partition coefficient (Wildman–Crippen LogP) is 3.87. The zero-order chi connectivity index (χ0) is 15.0. The van der Waals surface area contributed by atoms with Crippen molar-refractivity contribution in [3.05, 3.63) is 11.6 Å². The highest BCUT2D eigenvalue weighted by Crippen LogP contribution is 2.57. The van der Waals surface area contributed by atoms with Gasteiger partial charge in [0.1, 0.15) is 0 Å². The van der Waals surface area contributed by atoms with E-state index in [9.17, 15) is 4.79 Å². The van der Waals surface area contributed by atoms with E-state index in [2.05, 4.69) is 33.8 Å². The minimum absolute atomic E-state index is 0.106. The predicted molar refractivity (Wildman–Crippen MR) is 79.4 cm³/mol. The normalized spacial score (nSPS) is 36.0. The summed E-state index contributed by atoms with van der Waals surface area (Å²) < 4.78 is 11.4. The lowest BCUT2D eigenvalue weighted by atomic mass is 9.61. The molecule has 2 unspecified atom stereocenters. The molecule has 2 aliphatic rings. The number of rotatable bonds is 3. The molecule has 0 amide bonds. The molecule has 1 spiro atoms. The van der Waals surface area contributed by atoms with Gasteiger partial charge in [-0.05, 0) is 44.1 Å². The van der Waals surface area contributed by atoms with Gasteiger partial charge >= 0.3 is 5.97 Å². The van der Waals surface area contributed by atoms with E-state index < -0.39 is 0 Å². The van der Waals surface area contributed by atoms with Gasteiger partial charge in [-0.25, -0.2) is 0 Å². The van der Waals surface area contributed by atoms with E-state index in [-0.39, 0.29) is 22.4 Å². The van der Waals surface area contributed by atoms with Crippen LogP contribution in [0.3, 0.4) is 0 Å². The van der Waals surface area contributed by atoms with Crippen LogP contribution in [-0.2, 0) is 14.3 Å². The minimum Gasteiger partial charge on any atom is -0.466 e. The maximum absolute atomic E-state index is 11.8. The monoisotopic (exact) mass is 280 g/mol. The number of allylic oxidation sites excluding steroid dienone is 1. The Morgan fingerprint density at radius 1 is 1.40 bits per heavy atom. The highest BCUT2D eigenvalue weighted by atomic mass is 16.5. The molecule has 1 saturated heterocycles. The van der Waals surface area contributed by atoms with Crippen LogP contribution >= 0.6 is 0 Å². The first-order chi connectivity index (χ1) is 9.25. The Morgan fingerprint density at radius 2 is 2.10 bits per heavy atom.